The van der Waals surface area contributed by atoms with Crippen molar-refractivity contribution >= 4 is 21.6 Å². The SMILES string of the molecule is CC(C)(C)c1ccc(S(=O)(=O)C[C@H](O)CSc2nc3c(cc2C#N)CCCC3)cc1. The van der Waals surface area contributed by atoms with Crippen molar-refractivity contribution in [3.05, 3.63) is 52.7 Å². The van der Waals surface area contributed by atoms with Gasteiger partial charge in [0.2, 0.25) is 0 Å². The minimum atomic E-state index is -3.60. The molecular formula is C23H28N2O3S2. The highest BCUT2D eigenvalue weighted by Gasteiger charge is 2.23. The Labute approximate surface area is 183 Å². The lowest BCUT2D eigenvalue weighted by Crippen LogP contribution is -2.23. The number of aromatic nitrogens is 1. The van der Waals surface area contributed by atoms with E-state index in [0.717, 1.165) is 42.5 Å². The smallest absolute Gasteiger partial charge is 0.180 e. The number of nitrogens with zero attached hydrogens (tertiary/aromatic N) is 2. The Hall–Kier alpha value is -1.88. The zero-order valence-electron chi connectivity index (χ0n) is 17.7. The van der Waals surface area contributed by atoms with Gasteiger partial charge in [-0.2, -0.15) is 5.26 Å². The molecule has 5 nitrogen and oxygen atoms in total. The van der Waals surface area contributed by atoms with Crippen molar-refractivity contribution in [2.45, 2.75) is 67.9 Å². The Kier molecular flexibility index (Phi) is 6.91. The highest BCUT2D eigenvalue weighted by atomic mass is 32.2. The topological polar surface area (TPSA) is 91.1 Å². The van der Waals surface area contributed by atoms with Gasteiger partial charge in [-0.3, -0.25) is 0 Å². The maximum absolute atomic E-state index is 12.7. The molecule has 0 saturated carbocycles. The van der Waals surface area contributed by atoms with Gasteiger partial charge in [0.15, 0.2) is 9.84 Å². The summed E-state index contributed by atoms with van der Waals surface area (Å²) in [5.74, 6) is -0.193. The van der Waals surface area contributed by atoms with Gasteiger partial charge in [-0.1, -0.05) is 32.9 Å². The first-order chi connectivity index (χ1) is 14.1. The summed E-state index contributed by atoms with van der Waals surface area (Å²) in [5, 5.41) is 20.4. The molecule has 0 saturated heterocycles. The minimum absolute atomic E-state index is 0.0568. The van der Waals surface area contributed by atoms with Crippen molar-refractivity contribution in [1.82, 2.24) is 4.98 Å². The molecule has 1 atom stereocenters. The van der Waals surface area contributed by atoms with Gasteiger partial charge in [-0.25, -0.2) is 13.4 Å². The Balaban J connectivity index is 1.67. The Bertz CT molecular complexity index is 1050. The van der Waals surface area contributed by atoms with E-state index < -0.39 is 15.9 Å². The maximum atomic E-state index is 12.7. The molecule has 1 N–H and O–H groups in total. The molecule has 0 amide bonds. The molecule has 0 unspecified atom stereocenters. The van der Waals surface area contributed by atoms with Crippen LogP contribution in [-0.4, -0.2) is 36.1 Å². The third kappa shape index (κ3) is 5.42. The van der Waals surface area contributed by atoms with Crippen molar-refractivity contribution in [3.8, 4) is 6.07 Å². The molecule has 1 aromatic carbocycles. The molecule has 0 fully saturated rings. The van der Waals surface area contributed by atoms with Gasteiger partial charge >= 0.3 is 0 Å². The summed E-state index contributed by atoms with van der Waals surface area (Å²) in [4.78, 5) is 4.84. The predicted molar refractivity (Wildman–Crippen MR) is 120 cm³/mol. The number of aliphatic hydroxyl groups excluding tert-OH is 1. The average molecular weight is 445 g/mol. The fraction of sp³-hybridized carbons (Fsp3) is 0.478. The second-order valence-corrected chi connectivity index (χ2v) is 11.8. The third-order valence-corrected chi connectivity index (χ3v) is 8.24. The lowest BCUT2D eigenvalue weighted by molar-refractivity contribution is 0.222. The fourth-order valence-electron chi connectivity index (χ4n) is 3.54. The van der Waals surface area contributed by atoms with Gasteiger partial charge < -0.3 is 5.11 Å². The van der Waals surface area contributed by atoms with E-state index in [9.17, 15) is 18.8 Å². The summed E-state index contributed by atoms with van der Waals surface area (Å²) in [5.41, 5.74) is 3.64. The van der Waals surface area contributed by atoms with E-state index in [2.05, 4.69) is 31.8 Å². The fourth-order valence-corrected chi connectivity index (χ4v) is 5.96. The average Bonchev–Trinajstić information content (AvgIpc) is 2.70. The number of pyridine rings is 1. The van der Waals surface area contributed by atoms with Gasteiger partial charge in [0.05, 0.1) is 22.3 Å². The van der Waals surface area contributed by atoms with Crippen LogP contribution >= 0.6 is 11.8 Å². The molecule has 2 aromatic rings. The number of hydrogen-bond acceptors (Lipinski definition) is 6. The molecular weight excluding hydrogens is 416 g/mol. The summed E-state index contributed by atoms with van der Waals surface area (Å²) in [6.07, 6.45) is 2.99. The summed E-state index contributed by atoms with van der Waals surface area (Å²) in [6.45, 7) is 6.21. The van der Waals surface area contributed by atoms with Crippen LogP contribution in [0, 0.1) is 11.3 Å². The molecule has 1 aliphatic rings. The van der Waals surface area contributed by atoms with Gasteiger partial charge in [-0.05, 0) is 60.4 Å². The van der Waals surface area contributed by atoms with Crippen LogP contribution in [0.1, 0.15) is 56.0 Å². The van der Waals surface area contributed by atoms with Crippen molar-refractivity contribution in [2.24, 2.45) is 0 Å². The van der Waals surface area contributed by atoms with Crippen LogP contribution in [0.4, 0.5) is 0 Å². The number of benzene rings is 1. The Morgan fingerprint density at radius 3 is 2.50 bits per heavy atom. The summed E-state index contributed by atoms with van der Waals surface area (Å²) in [7, 11) is -3.60. The summed E-state index contributed by atoms with van der Waals surface area (Å²) >= 11 is 1.25. The van der Waals surface area contributed by atoms with E-state index >= 15 is 0 Å². The standard InChI is InChI=1S/C23H28N2O3S2/c1-23(2,3)18-8-10-20(11-9-18)30(27,28)15-19(26)14-29-22-17(13-24)12-16-6-4-5-7-21(16)25-22/h8-12,19,26H,4-7,14-15H2,1-3H3/t19-/m1/s1. The first kappa shape index (κ1) is 22.8. The van der Waals surface area contributed by atoms with Crippen molar-refractivity contribution in [1.29, 1.82) is 5.26 Å². The predicted octanol–water partition coefficient (Wildman–Crippen LogP) is 4.06. The van der Waals surface area contributed by atoms with Gasteiger partial charge in [0.1, 0.15) is 11.1 Å². The minimum Gasteiger partial charge on any atom is -0.391 e. The molecule has 30 heavy (non-hydrogen) atoms. The number of aryl methyl sites for hydroxylation is 2. The van der Waals surface area contributed by atoms with E-state index in [1.807, 2.05) is 18.2 Å². The number of aliphatic hydroxyl groups is 1. The van der Waals surface area contributed by atoms with Gasteiger partial charge in [0, 0.05) is 11.4 Å². The molecule has 0 bridgehead atoms. The third-order valence-electron chi connectivity index (χ3n) is 5.29. The summed E-state index contributed by atoms with van der Waals surface area (Å²) < 4.78 is 25.4. The zero-order chi connectivity index (χ0) is 21.9. The van der Waals surface area contributed by atoms with Crippen LogP contribution in [-0.2, 0) is 28.1 Å². The monoisotopic (exact) mass is 444 g/mol. The number of sulfone groups is 1. The summed E-state index contributed by atoms with van der Waals surface area (Å²) in [6, 6.07) is 10.9. The first-order valence-corrected chi connectivity index (χ1v) is 12.8. The van der Waals surface area contributed by atoms with Crippen LogP contribution in [0.5, 0.6) is 0 Å². The van der Waals surface area contributed by atoms with Crippen molar-refractivity contribution in [3.63, 3.8) is 0 Å². The van der Waals surface area contributed by atoms with E-state index in [1.54, 1.807) is 12.1 Å². The highest BCUT2D eigenvalue weighted by Crippen LogP contribution is 2.28. The number of nitriles is 1. The highest BCUT2D eigenvalue weighted by molar-refractivity contribution is 7.99. The molecule has 1 aliphatic carbocycles. The quantitative estimate of drug-likeness (QED) is 0.676. The van der Waals surface area contributed by atoms with E-state index in [4.69, 9.17) is 0 Å². The molecule has 0 spiro atoms. The van der Waals surface area contributed by atoms with Gasteiger partial charge in [-0.15, -0.1) is 11.8 Å². The van der Waals surface area contributed by atoms with Gasteiger partial charge in [0.25, 0.3) is 0 Å². The molecule has 0 aliphatic heterocycles. The normalized spacial score (nSPS) is 15.3. The second-order valence-electron chi connectivity index (χ2n) is 8.79. The van der Waals surface area contributed by atoms with Crippen LogP contribution in [0.15, 0.2) is 40.3 Å². The molecule has 1 heterocycles. The zero-order valence-corrected chi connectivity index (χ0v) is 19.3. The molecule has 160 valence electrons. The second kappa shape index (κ2) is 9.09. The van der Waals surface area contributed by atoms with Crippen LogP contribution < -0.4 is 0 Å². The van der Waals surface area contributed by atoms with E-state index in [-0.39, 0.29) is 21.8 Å². The first-order valence-electron chi connectivity index (χ1n) is 10.2. The molecule has 0 radical (unpaired) electrons. The van der Waals surface area contributed by atoms with Crippen molar-refractivity contribution < 1.29 is 13.5 Å². The number of rotatable bonds is 6. The lowest BCUT2D eigenvalue weighted by Gasteiger charge is -2.19. The van der Waals surface area contributed by atoms with Crippen LogP contribution in [0.2, 0.25) is 0 Å². The van der Waals surface area contributed by atoms with Crippen LogP contribution in [0.3, 0.4) is 0 Å². The Morgan fingerprint density at radius 1 is 1.20 bits per heavy atom. The van der Waals surface area contributed by atoms with E-state index in [1.165, 1.54) is 11.8 Å². The molecule has 3 rings (SSSR count). The van der Waals surface area contributed by atoms with E-state index in [0.29, 0.717) is 10.6 Å². The lowest BCUT2D eigenvalue weighted by atomic mass is 9.87. The number of thioether (sulfide) groups is 1. The van der Waals surface area contributed by atoms with Crippen LogP contribution in [0.25, 0.3) is 0 Å². The Morgan fingerprint density at radius 2 is 1.87 bits per heavy atom. The molecule has 7 heteroatoms. The van der Waals surface area contributed by atoms with Crippen molar-refractivity contribution in [2.75, 3.05) is 11.5 Å². The largest absolute Gasteiger partial charge is 0.391 e. The number of fused-ring (bicyclic) bond motifs is 1. The molecule has 1 aromatic heterocycles. The number of hydrogen-bond donors (Lipinski definition) is 1. The maximum Gasteiger partial charge on any atom is 0.180 e.